The summed E-state index contributed by atoms with van der Waals surface area (Å²) in [6.07, 6.45) is 4.01. The molecule has 23 heavy (non-hydrogen) atoms. The number of carboxylic acid groups (broad SMARTS) is 1. The van der Waals surface area contributed by atoms with Crippen LogP contribution < -0.4 is 5.11 Å². The molecule has 118 valence electrons. The smallest absolute Gasteiger partial charge is 0.137 e. The molecule has 3 aliphatic rings. The summed E-state index contributed by atoms with van der Waals surface area (Å²) in [5.41, 5.74) is 5.18. The van der Waals surface area contributed by atoms with Gasteiger partial charge in [-0.1, -0.05) is 24.3 Å². The minimum atomic E-state index is -0.867. The Balaban J connectivity index is 1.70. The molecule has 0 radical (unpaired) electrons. The van der Waals surface area contributed by atoms with Gasteiger partial charge in [0.25, 0.3) is 0 Å². The fourth-order valence-electron chi connectivity index (χ4n) is 5.67. The van der Waals surface area contributed by atoms with Crippen molar-refractivity contribution >= 4 is 16.9 Å². The van der Waals surface area contributed by atoms with Crippen molar-refractivity contribution in [2.75, 3.05) is 13.1 Å². The molecule has 0 saturated carbocycles. The molecule has 4 nitrogen and oxygen atoms in total. The van der Waals surface area contributed by atoms with E-state index in [0.717, 1.165) is 25.9 Å². The Morgan fingerprint density at radius 2 is 2.22 bits per heavy atom. The molecule has 0 aliphatic carbocycles. The summed E-state index contributed by atoms with van der Waals surface area (Å²) in [7, 11) is 0. The summed E-state index contributed by atoms with van der Waals surface area (Å²) < 4.78 is 0.673. The highest BCUT2D eigenvalue weighted by molar-refractivity contribution is 5.85. The van der Waals surface area contributed by atoms with Crippen molar-refractivity contribution in [1.82, 2.24) is 4.98 Å². The molecule has 1 aromatic carbocycles. The van der Waals surface area contributed by atoms with Crippen LogP contribution in [0.5, 0.6) is 0 Å². The van der Waals surface area contributed by atoms with Gasteiger partial charge in [0.1, 0.15) is 18.6 Å². The first kappa shape index (κ1) is 13.4. The number of piperidine rings is 1. The minimum absolute atomic E-state index is 0.146. The van der Waals surface area contributed by atoms with E-state index in [4.69, 9.17) is 0 Å². The average molecular weight is 308 g/mol. The average Bonchev–Trinajstić information content (AvgIpc) is 3.18. The number of benzene rings is 1. The lowest BCUT2D eigenvalue weighted by molar-refractivity contribution is -0.953. The summed E-state index contributed by atoms with van der Waals surface area (Å²) in [6, 6.07) is 8.34. The SMILES string of the molecule is C/C=C1/C[N+]23CCc4c([nH]c5ccccc45)C2CC1C3C(=O)[O-]. The Kier molecular flexibility index (Phi) is 2.48. The number of aromatic nitrogens is 1. The largest absolute Gasteiger partial charge is 0.544 e. The van der Waals surface area contributed by atoms with Crippen LogP contribution in [0.4, 0.5) is 0 Å². The Labute approximate surface area is 135 Å². The molecule has 3 aliphatic heterocycles. The number of carbonyl (C=O) groups excluding carboxylic acids is 1. The molecule has 2 aromatic rings. The van der Waals surface area contributed by atoms with Crippen LogP contribution in [0.15, 0.2) is 35.9 Å². The fraction of sp³-hybridized carbons (Fsp3) is 0.421. The molecule has 4 atom stereocenters. The van der Waals surface area contributed by atoms with Gasteiger partial charge < -0.3 is 19.4 Å². The molecule has 1 aromatic heterocycles. The lowest BCUT2D eigenvalue weighted by Crippen LogP contribution is -2.59. The van der Waals surface area contributed by atoms with Crippen LogP contribution in [-0.4, -0.2) is 34.6 Å². The molecule has 2 saturated heterocycles. The maximum Gasteiger partial charge on any atom is 0.137 e. The van der Waals surface area contributed by atoms with Crippen molar-refractivity contribution < 1.29 is 14.4 Å². The van der Waals surface area contributed by atoms with E-state index in [9.17, 15) is 9.90 Å². The number of hydrogen-bond acceptors (Lipinski definition) is 2. The molecule has 5 rings (SSSR count). The first-order valence-corrected chi connectivity index (χ1v) is 8.47. The number of nitrogens with zero attached hydrogens (tertiary/aromatic N) is 1. The van der Waals surface area contributed by atoms with E-state index in [1.807, 2.05) is 6.92 Å². The van der Waals surface area contributed by atoms with Gasteiger partial charge in [-0.15, -0.1) is 0 Å². The van der Waals surface area contributed by atoms with Gasteiger partial charge in [-0.3, -0.25) is 0 Å². The van der Waals surface area contributed by atoms with Crippen molar-refractivity contribution in [2.45, 2.75) is 31.8 Å². The van der Waals surface area contributed by atoms with Crippen molar-refractivity contribution in [3.05, 3.63) is 47.2 Å². The number of carbonyl (C=O) groups is 1. The number of para-hydroxylation sites is 1. The quantitative estimate of drug-likeness (QED) is 0.644. The van der Waals surface area contributed by atoms with Crippen LogP contribution in [0.1, 0.15) is 30.6 Å². The van der Waals surface area contributed by atoms with Crippen LogP contribution in [0, 0.1) is 5.92 Å². The molecule has 4 heterocycles. The van der Waals surface area contributed by atoms with Crippen molar-refractivity contribution in [1.29, 1.82) is 0 Å². The van der Waals surface area contributed by atoms with E-state index in [-0.39, 0.29) is 18.0 Å². The number of nitrogens with one attached hydrogen (secondary N) is 1. The molecule has 2 fully saturated rings. The van der Waals surface area contributed by atoms with E-state index in [0.29, 0.717) is 4.48 Å². The van der Waals surface area contributed by atoms with Gasteiger partial charge in [0.05, 0.1) is 18.2 Å². The van der Waals surface area contributed by atoms with E-state index in [2.05, 4.69) is 35.3 Å². The Hall–Kier alpha value is -2.07. The second-order valence-corrected chi connectivity index (χ2v) is 7.28. The number of carboxylic acids is 1. The number of fused-ring (bicyclic) bond motifs is 5. The summed E-state index contributed by atoms with van der Waals surface area (Å²) in [5.74, 6) is -0.721. The van der Waals surface area contributed by atoms with Crippen molar-refractivity contribution in [3.63, 3.8) is 0 Å². The van der Waals surface area contributed by atoms with Crippen molar-refractivity contribution in [2.24, 2.45) is 5.92 Å². The van der Waals surface area contributed by atoms with E-state index in [1.165, 1.54) is 27.7 Å². The predicted molar refractivity (Wildman–Crippen MR) is 85.4 cm³/mol. The van der Waals surface area contributed by atoms with E-state index in [1.54, 1.807) is 0 Å². The van der Waals surface area contributed by atoms with Crippen LogP contribution in [0.25, 0.3) is 10.9 Å². The first-order chi connectivity index (χ1) is 11.2. The lowest BCUT2D eigenvalue weighted by Gasteiger charge is -2.45. The summed E-state index contributed by atoms with van der Waals surface area (Å²) in [4.78, 5) is 15.5. The van der Waals surface area contributed by atoms with Gasteiger partial charge in [-0.05, 0) is 24.1 Å². The molecule has 1 N–H and O–H groups in total. The topological polar surface area (TPSA) is 55.9 Å². The van der Waals surface area contributed by atoms with Crippen LogP contribution in [0.3, 0.4) is 0 Å². The third-order valence-corrected chi connectivity index (χ3v) is 6.56. The molecular formula is C19H20N2O2. The van der Waals surface area contributed by atoms with Crippen LogP contribution >= 0.6 is 0 Å². The molecule has 1 spiro atoms. The zero-order valence-electron chi connectivity index (χ0n) is 13.2. The molecule has 2 bridgehead atoms. The van der Waals surface area contributed by atoms with Crippen LogP contribution in [0.2, 0.25) is 0 Å². The minimum Gasteiger partial charge on any atom is -0.544 e. The molecule has 0 amide bonds. The van der Waals surface area contributed by atoms with Gasteiger partial charge in [0.2, 0.25) is 0 Å². The summed E-state index contributed by atoms with van der Waals surface area (Å²) >= 11 is 0. The lowest BCUT2D eigenvalue weighted by atomic mass is 9.87. The van der Waals surface area contributed by atoms with Gasteiger partial charge >= 0.3 is 0 Å². The molecular weight excluding hydrogens is 288 g/mol. The predicted octanol–water partition coefficient (Wildman–Crippen LogP) is 1.68. The van der Waals surface area contributed by atoms with Gasteiger partial charge in [-0.2, -0.15) is 0 Å². The highest BCUT2D eigenvalue weighted by atomic mass is 16.4. The zero-order valence-corrected chi connectivity index (χ0v) is 13.2. The Bertz CT molecular complexity index is 865. The third-order valence-electron chi connectivity index (χ3n) is 6.56. The zero-order chi connectivity index (χ0) is 15.8. The summed E-state index contributed by atoms with van der Waals surface area (Å²) in [5, 5.41) is 13.2. The van der Waals surface area contributed by atoms with Gasteiger partial charge in [-0.25, -0.2) is 0 Å². The second kappa shape index (κ2) is 4.26. The Morgan fingerprint density at radius 1 is 1.39 bits per heavy atom. The summed E-state index contributed by atoms with van der Waals surface area (Å²) in [6.45, 7) is 3.82. The number of aliphatic carboxylic acids is 1. The normalized spacial score (nSPS) is 36.4. The monoisotopic (exact) mass is 308 g/mol. The maximum absolute atomic E-state index is 11.9. The highest BCUT2D eigenvalue weighted by Crippen LogP contribution is 2.58. The van der Waals surface area contributed by atoms with Gasteiger partial charge in [0, 0.05) is 29.7 Å². The number of rotatable bonds is 1. The maximum atomic E-state index is 11.9. The number of quaternary nitrogens is 1. The number of H-pyrrole nitrogens is 1. The molecule has 4 unspecified atom stereocenters. The number of allylic oxidation sites excluding steroid dienone is 1. The van der Waals surface area contributed by atoms with Crippen LogP contribution in [-0.2, 0) is 11.2 Å². The second-order valence-electron chi connectivity index (χ2n) is 7.28. The fourth-order valence-corrected chi connectivity index (χ4v) is 5.67. The molecule has 4 heteroatoms. The number of hydrogen-bond donors (Lipinski definition) is 1. The first-order valence-electron chi connectivity index (χ1n) is 8.47. The number of aromatic amines is 1. The van der Waals surface area contributed by atoms with Crippen molar-refractivity contribution in [3.8, 4) is 0 Å². The third kappa shape index (κ3) is 1.47. The standard InChI is InChI=1S/C19H20N2O2/c1-2-11-10-21-8-7-13-12-5-3-4-6-15(12)20-17(13)16(21)9-14(11)18(21)19(22)23/h2-6,14,16,18,20H,7-10H2,1H3/b11-2-. The highest BCUT2D eigenvalue weighted by Gasteiger charge is 2.64. The van der Waals surface area contributed by atoms with Gasteiger partial charge in [0.15, 0.2) is 0 Å². The van der Waals surface area contributed by atoms with E-state index < -0.39 is 5.97 Å². The van der Waals surface area contributed by atoms with E-state index >= 15 is 0 Å². The Morgan fingerprint density at radius 3 is 3.00 bits per heavy atom.